The Bertz CT molecular complexity index is 681. The van der Waals surface area contributed by atoms with Crippen molar-refractivity contribution >= 4 is 11.4 Å². The summed E-state index contributed by atoms with van der Waals surface area (Å²) in [6.45, 7) is 2.33. The van der Waals surface area contributed by atoms with Crippen LogP contribution in [-0.2, 0) is 17.5 Å². The number of nitrogens with one attached hydrogen (secondary N) is 1. The van der Waals surface area contributed by atoms with Crippen LogP contribution in [0.15, 0.2) is 23.3 Å². The van der Waals surface area contributed by atoms with Crippen LogP contribution in [0.3, 0.4) is 0 Å². The first-order valence-electron chi connectivity index (χ1n) is 7.08. The van der Waals surface area contributed by atoms with E-state index in [1.165, 1.54) is 24.3 Å². The molecule has 0 spiro atoms. The van der Waals surface area contributed by atoms with Crippen LogP contribution in [0.5, 0.6) is 0 Å². The zero-order valence-electron chi connectivity index (χ0n) is 12.6. The maximum Gasteiger partial charge on any atom is 0.416 e. The molecule has 0 atom stereocenters. The number of anilines is 1. The Morgan fingerprint density at radius 3 is 2.50 bits per heavy atom. The van der Waals surface area contributed by atoms with Crippen LogP contribution in [0.2, 0.25) is 0 Å². The van der Waals surface area contributed by atoms with Gasteiger partial charge in [-0.15, -0.1) is 0 Å². The summed E-state index contributed by atoms with van der Waals surface area (Å²) in [5.74, 6) is 0. The van der Waals surface area contributed by atoms with Gasteiger partial charge in [0.25, 0.3) is 0 Å². The zero-order valence-corrected chi connectivity index (χ0v) is 12.6. The van der Waals surface area contributed by atoms with E-state index in [0.29, 0.717) is 26.3 Å². The van der Waals surface area contributed by atoms with E-state index in [-0.39, 0.29) is 17.8 Å². The molecule has 0 amide bonds. The molecule has 1 N–H and O–H groups in total. The molecular weight excluding hydrogens is 323 g/mol. The van der Waals surface area contributed by atoms with E-state index < -0.39 is 17.5 Å². The number of halogens is 3. The molecule has 1 heterocycles. The van der Waals surface area contributed by atoms with E-state index in [0.717, 1.165) is 6.07 Å². The predicted octanol–water partition coefficient (Wildman–Crippen LogP) is 2.35. The number of rotatable bonds is 4. The lowest BCUT2D eigenvalue weighted by molar-refractivity contribution is -0.138. The summed E-state index contributed by atoms with van der Waals surface area (Å²) in [5, 5.41) is 20.6. The average Bonchev–Trinajstić information content (AvgIpc) is 2.57. The minimum atomic E-state index is -4.52. The van der Waals surface area contributed by atoms with Gasteiger partial charge in [0.1, 0.15) is 12.1 Å². The third-order valence-corrected chi connectivity index (χ3v) is 3.42. The minimum absolute atomic E-state index is 0.0519. The molecule has 0 unspecified atom stereocenters. The van der Waals surface area contributed by atoms with Gasteiger partial charge < -0.3 is 4.74 Å². The lowest BCUT2D eigenvalue weighted by atomic mass is 10.1. The number of nitrogens with zero attached hydrogens (tertiary/aromatic N) is 4. The van der Waals surface area contributed by atoms with Crippen LogP contribution < -0.4 is 5.43 Å². The fourth-order valence-corrected chi connectivity index (χ4v) is 2.24. The SMILES string of the molecule is N#CC(C#N)=NNc1ccc(CN2CCOCC2)c(C(F)(F)F)c1. The van der Waals surface area contributed by atoms with E-state index in [4.69, 9.17) is 15.3 Å². The number of hydrogen-bond acceptors (Lipinski definition) is 6. The van der Waals surface area contributed by atoms with E-state index in [9.17, 15) is 13.2 Å². The van der Waals surface area contributed by atoms with Crippen molar-refractivity contribution in [1.82, 2.24) is 4.90 Å². The molecule has 1 aliphatic rings. The largest absolute Gasteiger partial charge is 0.416 e. The molecule has 0 radical (unpaired) electrons. The van der Waals surface area contributed by atoms with Gasteiger partial charge in [0, 0.05) is 19.6 Å². The molecule has 2 rings (SSSR count). The highest BCUT2D eigenvalue weighted by atomic mass is 19.4. The maximum absolute atomic E-state index is 13.3. The predicted molar refractivity (Wildman–Crippen MR) is 79.8 cm³/mol. The van der Waals surface area contributed by atoms with E-state index in [1.54, 1.807) is 0 Å². The molecule has 0 saturated carbocycles. The minimum Gasteiger partial charge on any atom is -0.379 e. The highest BCUT2D eigenvalue weighted by Gasteiger charge is 2.34. The molecule has 0 aromatic heterocycles. The first-order valence-corrected chi connectivity index (χ1v) is 7.08. The standard InChI is InChI=1S/C15H14F3N5O/c16-15(17,18)14-7-12(21-22-13(8-19)9-20)2-1-11(14)10-23-3-5-24-6-4-23/h1-2,7,21H,3-6,10H2. The summed E-state index contributed by atoms with van der Waals surface area (Å²) < 4.78 is 45.1. The van der Waals surface area contributed by atoms with Crippen molar-refractivity contribution in [2.24, 2.45) is 5.10 Å². The molecule has 1 saturated heterocycles. The number of alkyl halides is 3. The van der Waals surface area contributed by atoms with E-state index >= 15 is 0 Å². The van der Waals surface area contributed by atoms with Crippen LogP contribution >= 0.6 is 0 Å². The molecule has 24 heavy (non-hydrogen) atoms. The van der Waals surface area contributed by atoms with Gasteiger partial charge in [0.05, 0.1) is 24.5 Å². The van der Waals surface area contributed by atoms with Crippen LogP contribution in [-0.4, -0.2) is 36.9 Å². The van der Waals surface area contributed by atoms with Crippen LogP contribution in [0.4, 0.5) is 18.9 Å². The summed E-state index contributed by atoms with van der Waals surface area (Å²) in [4.78, 5) is 1.89. The summed E-state index contributed by atoms with van der Waals surface area (Å²) in [6, 6.07) is 6.76. The number of benzene rings is 1. The molecule has 126 valence electrons. The molecule has 0 aliphatic carbocycles. The molecular formula is C15H14F3N5O. The summed E-state index contributed by atoms with van der Waals surface area (Å²) in [6.07, 6.45) is -4.52. The van der Waals surface area contributed by atoms with Crippen LogP contribution in [0, 0.1) is 22.7 Å². The Balaban J connectivity index is 2.24. The molecule has 1 fully saturated rings. The highest BCUT2D eigenvalue weighted by Crippen LogP contribution is 2.34. The first kappa shape index (κ1) is 17.7. The number of nitriles is 2. The third-order valence-electron chi connectivity index (χ3n) is 3.42. The Kier molecular flexibility index (Phi) is 5.74. The maximum atomic E-state index is 13.3. The van der Waals surface area contributed by atoms with Gasteiger partial charge in [0.2, 0.25) is 5.71 Å². The number of morpholine rings is 1. The monoisotopic (exact) mass is 337 g/mol. The van der Waals surface area contributed by atoms with Crippen molar-refractivity contribution in [3.8, 4) is 12.1 Å². The lowest BCUT2D eigenvalue weighted by Crippen LogP contribution is -2.36. The summed E-state index contributed by atoms with van der Waals surface area (Å²) in [5.41, 5.74) is 1.26. The van der Waals surface area contributed by atoms with Crippen molar-refractivity contribution < 1.29 is 17.9 Å². The molecule has 9 heteroatoms. The fourth-order valence-electron chi connectivity index (χ4n) is 2.24. The molecule has 0 bridgehead atoms. The second-order valence-electron chi connectivity index (χ2n) is 5.05. The second-order valence-corrected chi connectivity index (χ2v) is 5.05. The second kappa shape index (κ2) is 7.77. The van der Waals surface area contributed by atoms with E-state index in [2.05, 4.69) is 10.5 Å². The van der Waals surface area contributed by atoms with Gasteiger partial charge in [0.15, 0.2) is 0 Å². The molecule has 1 aromatic carbocycles. The van der Waals surface area contributed by atoms with Gasteiger partial charge in [-0.05, 0) is 17.7 Å². The normalized spacial score (nSPS) is 15.2. The topological polar surface area (TPSA) is 84.4 Å². The number of hydrazone groups is 1. The van der Waals surface area contributed by atoms with Crippen molar-refractivity contribution in [3.05, 3.63) is 29.3 Å². The zero-order chi connectivity index (χ0) is 17.6. The van der Waals surface area contributed by atoms with Gasteiger partial charge in [-0.25, -0.2) is 0 Å². The summed E-state index contributed by atoms with van der Waals surface area (Å²) in [7, 11) is 0. The summed E-state index contributed by atoms with van der Waals surface area (Å²) >= 11 is 0. The average molecular weight is 337 g/mol. The van der Waals surface area contributed by atoms with E-state index in [1.807, 2.05) is 4.90 Å². The van der Waals surface area contributed by atoms with Crippen molar-refractivity contribution in [2.75, 3.05) is 31.7 Å². The molecule has 1 aliphatic heterocycles. The Morgan fingerprint density at radius 1 is 1.25 bits per heavy atom. The van der Waals surface area contributed by atoms with Crippen LogP contribution in [0.25, 0.3) is 0 Å². The molecule has 6 nitrogen and oxygen atoms in total. The Hall–Kier alpha value is -2.62. The third kappa shape index (κ3) is 4.69. The quantitative estimate of drug-likeness (QED) is 0.673. The first-order chi connectivity index (χ1) is 11.4. The Labute approximate surface area is 136 Å². The van der Waals surface area contributed by atoms with Crippen molar-refractivity contribution in [2.45, 2.75) is 12.7 Å². The highest BCUT2D eigenvalue weighted by molar-refractivity contribution is 6.10. The Morgan fingerprint density at radius 2 is 1.92 bits per heavy atom. The molecule has 1 aromatic rings. The van der Waals surface area contributed by atoms with Gasteiger partial charge in [-0.1, -0.05) is 6.07 Å². The van der Waals surface area contributed by atoms with Crippen molar-refractivity contribution in [1.29, 1.82) is 10.5 Å². The van der Waals surface area contributed by atoms with Crippen molar-refractivity contribution in [3.63, 3.8) is 0 Å². The fraction of sp³-hybridized carbons (Fsp3) is 0.400. The number of ether oxygens (including phenoxy) is 1. The van der Waals surface area contributed by atoms with Gasteiger partial charge in [-0.2, -0.15) is 28.8 Å². The number of hydrogen-bond donors (Lipinski definition) is 1. The van der Waals surface area contributed by atoms with Gasteiger partial charge >= 0.3 is 6.18 Å². The lowest BCUT2D eigenvalue weighted by Gasteiger charge is -2.27. The van der Waals surface area contributed by atoms with Gasteiger partial charge in [-0.3, -0.25) is 10.3 Å². The smallest absolute Gasteiger partial charge is 0.379 e. The van der Waals surface area contributed by atoms with Crippen LogP contribution in [0.1, 0.15) is 11.1 Å².